The minimum absolute atomic E-state index is 0.326. The Morgan fingerprint density at radius 3 is 2.35 bits per heavy atom. The number of nitrogens with two attached hydrogens (primary N) is 1. The molecule has 1 fully saturated rings. The predicted molar refractivity (Wildman–Crippen MR) is 68.6 cm³/mol. The van der Waals surface area contributed by atoms with Gasteiger partial charge < -0.3 is 5.73 Å². The summed E-state index contributed by atoms with van der Waals surface area (Å²) < 4.78 is 23.4. The summed E-state index contributed by atoms with van der Waals surface area (Å²) in [4.78, 5) is 0.409. The highest BCUT2D eigenvalue weighted by Crippen LogP contribution is 2.37. The summed E-state index contributed by atoms with van der Waals surface area (Å²) in [6, 6.07) is 5.59. The molecule has 0 atom stereocenters. The zero-order valence-electron chi connectivity index (χ0n) is 10.4. The predicted octanol–water partition coefficient (Wildman–Crippen LogP) is 2.13. The summed E-state index contributed by atoms with van der Waals surface area (Å²) >= 11 is 0. The third kappa shape index (κ3) is 2.38. The molecule has 1 saturated carbocycles. The third-order valence-corrected chi connectivity index (χ3v) is 4.90. The molecule has 0 saturated heterocycles. The second-order valence-corrected chi connectivity index (χ2v) is 7.10. The smallest absolute Gasteiger partial charge is 0.175 e. The van der Waals surface area contributed by atoms with Crippen molar-refractivity contribution in [3.05, 3.63) is 29.3 Å². The van der Waals surface area contributed by atoms with Gasteiger partial charge in [0.1, 0.15) is 0 Å². The molecule has 0 spiro atoms. The van der Waals surface area contributed by atoms with Gasteiger partial charge in [0.25, 0.3) is 0 Å². The van der Waals surface area contributed by atoms with Gasteiger partial charge in [0.2, 0.25) is 0 Å². The molecular weight excluding hydrogens is 234 g/mol. The number of hydrogen-bond donors (Lipinski definition) is 1. The summed E-state index contributed by atoms with van der Waals surface area (Å²) in [6.45, 7) is 1.82. The second-order valence-electron chi connectivity index (χ2n) is 5.12. The maximum atomic E-state index is 11.7. The second kappa shape index (κ2) is 4.10. The van der Waals surface area contributed by atoms with E-state index in [1.165, 1.54) is 6.26 Å². The van der Waals surface area contributed by atoms with Crippen molar-refractivity contribution in [3.8, 4) is 0 Å². The zero-order chi connectivity index (χ0) is 12.7. The highest BCUT2D eigenvalue weighted by atomic mass is 32.2. The average molecular weight is 253 g/mol. The van der Waals surface area contributed by atoms with E-state index in [4.69, 9.17) is 5.73 Å². The molecule has 3 nitrogen and oxygen atoms in total. The normalized spacial score (nSPS) is 19.5. The van der Waals surface area contributed by atoms with Crippen molar-refractivity contribution < 1.29 is 8.42 Å². The van der Waals surface area contributed by atoms with Crippen LogP contribution in [0.25, 0.3) is 0 Å². The lowest BCUT2D eigenvalue weighted by Gasteiger charge is -2.25. The summed E-state index contributed by atoms with van der Waals surface area (Å²) in [5.41, 5.74) is 7.77. The molecule has 0 aromatic heterocycles. The Morgan fingerprint density at radius 2 is 1.82 bits per heavy atom. The molecule has 94 valence electrons. The molecule has 2 rings (SSSR count). The van der Waals surface area contributed by atoms with Gasteiger partial charge in [0.15, 0.2) is 9.84 Å². The topological polar surface area (TPSA) is 60.2 Å². The highest BCUT2D eigenvalue weighted by Gasteiger charge is 2.32. The van der Waals surface area contributed by atoms with Crippen molar-refractivity contribution in [1.29, 1.82) is 0 Å². The Labute approximate surface area is 103 Å². The van der Waals surface area contributed by atoms with Crippen LogP contribution in [0, 0.1) is 6.92 Å². The first kappa shape index (κ1) is 12.6. The molecule has 1 aliphatic carbocycles. The zero-order valence-corrected chi connectivity index (χ0v) is 11.2. The standard InChI is InChI=1S/C13H19NO2S/c1-10-5-6-11(9-12(10)17(2,15)16)13(14)7-3-4-8-13/h5-6,9H,3-4,7-8,14H2,1-2H3. The number of aryl methyl sites for hydroxylation is 1. The lowest BCUT2D eigenvalue weighted by molar-refractivity contribution is 0.460. The minimum atomic E-state index is -3.17. The van der Waals surface area contributed by atoms with E-state index in [0.717, 1.165) is 36.8 Å². The molecule has 0 bridgehead atoms. The van der Waals surface area contributed by atoms with E-state index in [0.29, 0.717) is 4.90 Å². The minimum Gasteiger partial charge on any atom is -0.321 e. The Bertz CT molecular complexity index is 528. The lowest BCUT2D eigenvalue weighted by atomic mass is 9.89. The first-order chi connectivity index (χ1) is 7.83. The van der Waals surface area contributed by atoms with Crippen molar-refractivity contribution in [3.63, 3.8) is 0 Å². The molecule has 1 aromatic rings. The van der Waals surface area contributed by atoms with Gasteiger partial charge in [-0.25, -0.2) is 8.42 Å². The fourth-order valence-electron chi connectivity index (χ4n) is 2.60. The van der Waals surface area contributed by atoms with Crippen LogP contribution in [0.15, 0.2) is 23.1 Å². The number of benzene rings is 1. The van der Waals surface area contributed by atoms with Crippen molar-refractivity contribution in [1.82, 2.24) is 0 Å². The first-order valence-electron chi connectivity index (χ1n) is 5.93. The molecule has 4 heteroatoms. The molecule has 0 unspecified atom stereocenters. The summed E-state index contributed by atoms with van der Waals surface area (Å²) in [7, 11) is -3.17. The van der Waals surface area contributed by atoms with Crippen LogP contribution in [0.1, 0.15) is 36.8 Å². The molecule has 1 aromatic carbocycles. The Balaban J connectivity index is 2.52. The summed E-state index contributed by atoms with van der Waals surface area (Å²) in [6.07, 6.45) is 5.38. The van der Waals surface area contributed by atoms with E-state index in [-0.39, 0.29) is 5.54 Å². The maximum absolute atomic E-state index is 11.7. The molecule has 0 heterocycles. The number of sulfone groups is 1. The number of hydrogen-bond acceptors (Lipinski definition) is 3. The van der Waals surface area contributed by atoms with Crippen LogP contribution in [0.5, 0.6) is 0 Å². The van der Waals surface area contributed by atoms with Gasteiger partial charge in [-0.3, -0.25) is 0 Å². The van der Waals surface area contributed by atoms with Crippen LogP contribution in [-0.4, -0.2) is 14.7 Å². The Hall–Kier alpha value is -0.870. The first-order valence-corrected chi connectivity index (χ1v) is 7.82. The monoisotopic (exact) mass is 253 g/mol. The highest BCUT2D eigenvalue weighted by molar-refractivity contribution is 7.90. The van der Waals surface area contributed by atoms with Crippen molar-refractivity contribution in [2.45, 2.75) is 43.0 Å². The maximum Gasteiger partial charge on any atom is 0.175 e. The fourth-order valence-corrected chi connectivity index (χ4v) is 3.60. The van der Waals surface area contributed by atoms with Gasteiger partial charge in [-0.1, -0.05) is 25.0 Å². The molecule has 0 radical (unpaired) electrons. The third-order valence-electron chi connectivity index (χ3n) is 3.66. The van der Waals surface area contributed by atoms with Crippen LogP contribution >= 0.6 is 0 Å². The Morgan fingerprint density at radius 1 is 1.24 bits per heavy atom. The van der Waals surface area contributed by atoms with Crippen molar-refractivity contribution in [2.75, 3.05) is 6.26 Å². The van der Waals surface area contributed by atoms with Gasteiger partial charge in [-0.2, -0.15) is 0 Å². The van der Waals surface area contributed by atoms with Crippen LogP contribution in [0.2, 0.25) is 0 Å². The van der Waals surface area contributed by atoms with Gasteiger partial charge in [0, 0.05) is 11.8 Å². The average Bonchev–Trinajstić information content (AvgIpc) is 2.65. The van der Waals surface area contributed by atoms with Crippen molar-refractivity contribution >= 4 is 9.84 Å². The van der Waals surface area contributed by atoms with Gasteiger partial charge >= 0.3 is 0 Å². The van der Waals surface area contributed by atoms with E-state index < -0.39 is 9.84 Å². The molecule has 1 aliphatic rings. The summed E-state index contributed by atoms with van der Waals surface area (Å²) in [5.74, 6) is 0. The van der Waals surface area contributed by atoms with Crippen LogP contribution < -0.4 is 5.73 Å². The lowest BCUT2D eigenvalue weighted by Crippen LogP contribution is -2.33. The molecule has 2 N–H and O–H groups in total. The van der Waals surface area contributed by atoms with Crippen molar-refractivity contribution in [2.24, 2.45) is 5.73 Å². The summed E-state index contributed by atoms with van der Waals surface area (Å²) in [5, 5.41) is 0. The quantitative estimate of drug-likeness (QED) is 0.878. The molecule has 0 aliphatic heterocycles. The van der Waals surface area contributed by atoms with Gasteiger partial charge in [0.05, 0.1) is 4.90 Å². The van der Waals surface area contributed by atoms with Gasteiger partial charge in [-0.15, -0.1) is 0 Å². The SMILES string of the molecule is Cc1ccc(C2(N)CCCC2)cc1S(C)(=O)=O. The van der Waals surface area contributed by atoms with Crippen LogP contribution in [0.3, 0.4) is 0 Å². The van der Waals surface area contributed by atoms with E-state index in [2.05, 4.69) is 0 Å². The van der Waals surface area contributed by atoms with Gasteiger partial charge in [-0.05, 0) is 37.0 Å². The van der Waals surface area contributed by atoms with E-state index in [1.54, 1.807) is 6.07 Å². The Kier molecular flexibility index (Phi) is 3.04. The van der Waals surface area contributed by atoms with E-state index >= 15 is 0 Å². The largest absolute Gasteiger partial charge is 0.321 e. The number of rotatable bonds is 2. The van der Waals surface area contributed by atoms with Crippen LogP contribution in [0.4, 0.5) is 0 Å². The molecular formula is C13H19NO2S. The van der Waals surface area contributed by atoms with E-state index in [9.17, 15) is 8.42 Å². The van der Waals surface area contributed by atoms with E-state index in [1.807, 2.05) is 19.1 Å². The van der Waals surface area contributed by atoms with Crippen LogP contribution in [-0.2, 0) is 15.4 Å². The molecule has 17 heavy (non-hydrogen) atoms. The fraction of sp³-hybridized carbons (Fsp3) is 0.538. The molecule has 0 amide bonds.